The number of carbonyl (C=O) groups excluding carboxylic acids is 1. The molecule has 2 heterocycles. The zero-order valence-electron chi connectivity index (χ0n) is 8.93. The molecule has 0 aliphatic carbocycles. The third-order valence-electron chi connectivity index (χ3n) is 2.39. The van der Waals surface area contributed by atoms with E-state index in [4.69, 9.17) is 10.5 Å². The summed E-state index contributed by atoms with van der Waals surface area (Å²) in [7, 11) is 0. The Labute approximate surface area is 92.9 Å². The molecule has 1 amide bonds. The van der Waals surface area contributed by atoms with Gasteiger partial charge in [0.2, 0.25) is 0 Å². The van der Waals surface area contributed by atoms with Crippen molar-refractivity contribution in [1.29, 1.82) is 0 Å². The predicted octanol–water partition coefficient (Wildman–Crippen LogP) is -1.24. The van der Waals surface area contributed by atoms with Crippen LogP contribution in [0.5, 0.6) is 0 Å². The highest BCUT2D eigenvalue weighted by molar-refractivity contribution is 5.92. The molecule has 1 aliphatic rings. The van der Waals surface area contributed by atoms with Gasteiger partial charge in [0, 0.05) is 13.2 Å². The molecule has 0 radical (unpaired) electrons. The van der Waals surface area contributed by atoms with E-state index < -0.39 is 0 Å². The fourth-order valence-corrected chi connectivity index (χ4v) is 1.55. The van der Waals surface area contributed by atoms with Crippen molar-refractivity contribution in [2.75, 3.05) is 19.8 Å². The summed E-state index contributed by atoms with van der Waals surface area (Å²) >= 11 is 0. The quantitative estimate of drug-likeness (QED) is 0.668. The van der Waals surface area contributed by atoms with Crippen LogP contribution in [0.4, 0.5) is 0 Å². The molecule has 0 spiro atoms. The van der Waals surface area contributed by atoms with Gasteiger partial charge in [0.05, 0.1) is 25.4 Å². The van der Waals surface area contributed by atoms with E-state index in [2.05, 4.69) is 15.6 Å². The van der Waals surface area contributed by atoms with Gasteiger partial charge in [0.15, 0.2) is 5.69 Å². The van der Waals surface area contributed by atoms with E-state index >= 15 is 0 Å². The molecule has 0 aromatic carbocycles. The van der Waals surface area contributed by atoms with E-state index in [1.807, 2.05) is 0 Å². The lowest BCUT2D eigenvalue weighted by Gasteiger charge is -2.07. The SMILES string of the molecule is NCCn1cc(C(=O)NC2CCOC2)nn1. The number of amides is 1. The Morgan fingerprint density at radius 2 is 2.62 bits per heavy atom. The van der Waals surface area contributed by atoms with E-state index in [-0.39, 0.29) is 11.9 Å². The predicted molar refractivity (Wildman–Crippen MR) is 55.8 cm³/mol. The lowest BCUT2D eigenvalue weighted by atomic mass is 10.2. The second-order valence-electron chi connectivity index (χ2n) is 3.69. The van der Waals surface area contributed by atoms with Gasteiger partial charge in [-0.05, 0) is 6.42 Å². The smallest absolute Gasteiger partial charge is 0.273 e. The molecular weight excluding hydrogens is 210 g/mol. The van der Waals surface area contributed by atoms with Gasteiger partial charge >= 0.3 is 0 Å². The third-order valence-corrected chi connectivity index (χ3v) is 2.39. The summed E-state index contributed by atoms with van der Waals surface area (Å²) < 4.78 is 6.72. The molecule has 7 heteroatoms. The van der Waals surface area contributed by atoms with Crippen LogP contribution in [-0.2, 0) is 11.3 Å². The van der Waals surface area contributed by atoms with Crippen LogP contribution < -0.4 is 11.1 Å². The van der Waals surface area contributed by atoms with Gasteiger partial charge in [0.1, 0.15) is 0 Å². The van der Waals surface area contributed by atoms with Gasteiger partial charge < -0.3 is 15.8 Å². The molecule has 1 saturated heterocycles. The average molecular weight is 225 g/mol. The zero-order valence-corrected chi connectivity index (χ0v) is 8.93. The maximum atomic E-state index is 11.7. The zero-order chi connectivity index (χ0) is 11.4. The first-order chi connectivity index (χ1) is 7.79. The number of ether oxygens (including phenoxy) is 1. The molecule has 7 nitrogen and oxygen atoms in total. The second kappa shape index (κ2) is 5.04. The third kappa shape index (κ3) is 2.56. The fourth-order valence-electron chi connectivity index (χ4n) is 1.55. The Balaban J connectivity index is 1.91. The topological polar surface area (TPSA) is 95.1 Å². The molecule has 16 heavy (non-hydrogen) atoms. The molecule has 0 bridgehead atoms. The number of rotatable bonds is 4. The molecule has 3 N–H and O–H groups in total. The fraction of sp³-hybridized carbons (Fsp3) is 0.667. The molecule has 1 aromatic rings. The van der Waals surface area contributed by atoms with Crippen molar-refractivity contribution in [3.63, 3.8) is 0 Å². The van der Waals surface area contributed by atoms with Crippen molar-refractivity contribution in [2.24, 2.45) is 5.73 Å². The molecule has 1 aliphatic heterocycles. The lowest BCUT2D eigenvalue weighted by Crippen LogP contribution is -2.35. The summed E-state index contributed by atoms with van der Waals surface area (Å²) in [5.41, 5.74) is 5.69. The van der Waals surface area contributed by atoms with Crippen LogP contribution in [-0.4, -0.2) is 46.7 Å². The van der Waals surface area contributed by atoms with Crippen LogP contribution in [0.3, 0.4) is 0 Å². The maximum Gasteiger partial charge on any atom is 0.273 e. The Kier molecular flexibility index (Phi) is 3.47. The molecule has 1 atom stereocenters. The first kappa shape index (κ1) is 11.0. The van der Waals surface area contributed by atoms with Crippen LogP contribution in [0.25, 0.3) is 0 Å². The van der Waals surface area contributed by atoms with Crippen molar-refractivity contribution < 1.29 is 9.53 Å². The van der Waals surface area contributed by atoms with Gasteiger partial charge in [-0.25, -0.2) is 0 Å². The highest BCUT2D eigenvalue weighted by Crippen LogP contribution is 2.04. The van der Waals surface area contributed by atoms with Gasteiger partial charge in [-0.3, -0.25) is 9.48 Å². The number of hydrogen-bond acceptors (Lipinski definition) is 5. The van der Waals surface area contributed by atoms with E-state index in [1.54, 1.807) is 10.9 Å². The standard InChI is InChI=1S/C9H15N5O2/c10-2-3-14-5-8(12-13-14)9(15)11-7-1-4-16-6-7/h5,7H,1-4,6,10H2,(H,11,15). The van der Waals surface area contributed by atoms with Crippen molar-refractivity contribution in [3.05, 3.63) is 11.9 Å². The molecular formula is C9H15N5O2. The summed E-state index contributed by atoms with van der Waals surface area (Å²) in [6.07, 6.45) is 2.45. The first-order valence-electron chi connectivity index (χ1n) is 5.28. The summed E-state index contributed by atoms with van der Waals surface area (Å²) in [4.78, 5) is 11.7. The van der Waals surface area contributed by atoms with E-state index in [9.17, 15) is 4.79 Å². The number of hydrogen-bond donors (Lipinski definition) is 2. The number of carbonyl (C=O) groups is 1. The molecule has 0 saturated carbocycles. The van der Waals surface area contributed by atoms with Gasteiger partial charge in [-0.2, -0.15) is 0 Å². The van der Waals surface area contributed by atoms with Crippen LogP contribution in [0.15, 0.2) is 6.20 Å². The summed E-state index contributed by atoms with van der Waals surface area (Å²) in [5, 5.41) is 10.4. The van der Waals surface area contributed by atoms with E-state index in [0.717, 1.165) is 6.42 Å². The summed E-state index contributed by atoms with van der Waals surface area (Å²) in [6.45, 7) is 2.31. The highest BCUT2D eigenvalue weighted by atomic mass is 16.5. The van der Waals surface area contributed by atoms with Crippen molar-refractivity contribution in [3.8, 4) is 0 Å². The van der Waals surface area contributed by atoms with Crippen LogP contribution in [0.2, 0.25) is 0 Å². The molecule has 2 rings (SSSR count). The lowest BCUT2D eigenvalue weighted by molar-refractivity contribution is 0.0925. The number of nitrogens with zero attached hydrogens (tertiary/aromatic N) is 3. The Morgan fingerprint density at radius 3 is 3.31 bits per heavy atom. The van der Waals surface area contributed by atoms with Crippen LogP contribution in [0.1, 0.15) is 16.9 Å². The number of nitrogens with one attached hydrogen (secondary N) is 1. The maximum absolute atomic E-state index is 11.7. The molecule has 88 valence electrons. The van der Waals surface area contributed by atoms with Crippen molar-refractivity contribution >= 4 is 5.91 Å². The van der Waals surface area contributed by atoms with Gasteiger partial charge in [-0.1, -0.05) is 5.21 Å². The normalized spacial score (nSPS) is 19.9. The first-order valence-corrected chi connectivity index (χ1v) is 5.28. The number of nitrogens with two attached hydrogens (primary N) is 1. The Bertz CT molecular complexity index is 359. The average Bonchev–Trinajstić information content (AvgIpc) is 2.89. The van der Waals surface area contributed by atoms with Crippen LogP contribution >= 0.6 is 0 Å². The monoisotopic (exact) mass is 225 g/mol. The van der Waals surface area contributed by atoms with Crippen LogP contribution in [0, 0.1) is 0 Å². The van der Waals surface area contributed by atoms with Gasteiger partial charge in [0.25, 0.3) is 5.91 Å². The highest BCUT2D eigenvalue weighted by Gasteiger charge is 2.20. The number of aromatic nitrogens is 3. The minimum atomic E-state index is -0.209. The minimum Gasteiger partial charge on any atom is -0.379 e. The summed E-state index contributed by atoms with van der Waals surface area (Å²) in [6, 6.07) is 0.0900. The Hall–Kier alpha value is -1.47. The molecule has 1 fully saturated rings. The second-order valence-corrected chi connectivity index (χ2v) is 3.69. The van der Waals surface area contributed by atoms with Crippen molar-refractivity contribution in [1.82, 2.24) is 20.3 Å². The van der Waals surface area contributed by atoms with E-state index in [1.165, 1.54) is 0 Å². The largest absolute Gasteiger partial charge is 0.379 e. The molecule has 1 unspecified atom stereocenters. The van der Waals surface area contributed by atoms with E-state index in [0.29, 0.717) is 32.0 Å². The Morgan fingerprint density at radius 1 is 1.75 bits per heavy atom. The molecule has 1 aromatic heterocycles. The minimum absolute atomic E-state index is 0.0900. The van der Waals surface area contributed by atoms with Crippen molar-refractivity contribution in [2.45, 2.75) is 19.0 Å². The summed E-state index contributed by atoms with van der Waals surface area (Å²) in [5.74, 6) is -0.209. The van der Waals surface area contributed by atoms with Gasteiger partial charge in [-0.15, -0.1) is 5.10 Å².